The fourth-order valence-electron chi connectivity index (χ4n) is 2.29. The van der Waals surface area contributed by atoms with Crippen LogP contribution in [0.15, 0.2) is 0 Å². The van der Waals surface area contributed by atoms with Crippen molar-refractivity contribution < 1.29 is 4.79 Å². The van der Waals surface area contributed by atoms with Gasteiger partial charge in [-0.05, 0) is 13.0 Å². The molecule has 106 valence electrons. The molecular formula is C13H23N5O. The van der Waals surface area contributed by atoms with Crippen LogP contribution in [-0.4, -0.2) is 51.8 Å². The Morgan fingerprint density at radius 1 is 1.26 bits per heavy atom. The van der Waals surface area contributed by atoms with E-state index in [9.17, 15) is 4.79 Å². The Morgan fingerprint density at radius 3 is 2.84 bits per heavy atom. The highest BCUT2D eigenvalue weighted by molar-refractivity contribution is 5.76. The van der Waals surface area contributed by atoms with Gasteiger partial charge in [0.1, 0.15) is 12.4 Å². The Morgan fingerprint density at radius 2 is 2.11 bits per heavy atom. The number of nitrogens with zero attached hydrogens (tertiary/aromatic N) is 4. The lowest BCUT2D eigenvalue weighted by atomic mass is 10.3. The number of aromatic nitrogens is 3. The standard InChI is InChI=1S/C13H23N5O/c1-3-11-15-12(4-2)18(16-11)10-13(19)17-8-5-6-14-7-9-17/h14H,3-10H2,1-2H3. The first-order chi connectivity index (χ1) is 9.24. The molecule has 1 saturated heterocycles. The van der Waals surface area contributed by atoms with Crippen molar-refractivity contribution in [3.05, 3.63) is 11.6 Å². The molecule has 0 bridgehead atoms. The van der Waals surface area contributed by atoms with Gasteiger partial charge in [-0.15, -0.1) is 0 Å². The summed E-state index contributed by atoms with van der Waals surface area (Å²) in [6.45, 7) is 7.88. The summed E-state index contributed by atoms with van der Waals surface area (Å²) in [6, 6.07) is 0. The van der Waals surface area contributed by atoms with Crippen molar-refractivity contribution in [2.24, 2.45) is 0 Å². The van der Waals surface area contributed by atoms with Crippen molar-refractivity contribution in [1.29, 1.82) is 0 Å². The normalized spacial score (nSPS) is 16.4. The molecule has 0 aromatic carbocycles. The number of hydrogen-bond acceptors (Lipinski definition) is 4. The van der Waals surface area contributed by atoms with Crippen molar-refractivity contribution in [3.63, 3.8) is 0 Å². The summed E-state index contributed by atoms with van der Waals surface area (Å²) in [4.78, 5) is 18.7. The van der Waals surface area contributed by atoms with Crippen LogP contribution in [-0.2, 0) is 24.2 Å². The third kappa shape index (κ3) is 3.53. The smallest absolute Gasteiger partial charge is 0.244 e. The van der Waals surface area contributed by atoms with Gasteiger partial charge in [0.25, 0.3) is 0 Å². The lowest BCUT2D eigenvalue weighted by Gasteiger charge is -2.20. The Hall–Kier alpha value is -1.43. The third-order valence-electron chi connectivity index (χ3n) is 3.40. The molecule has 0 atom stereocenters. The van der Waals surface area contributed by atoms with Crippen LogP contribution in [0.5, 0.6) is 0 Å². The number of rotatable bonds is 4. The number of carbonyl (C=O) groups excluding carboxylic acids is 1. The zero-order valence-electron chi connectivity index (χ0n) is 11.9. The molecule has 6 heteroatoms. The molecule has 0 spiro atoms. The van der Waals surface area contributed by atoms with E-state index in [0.29, 0.717) is 6.54 Å². The Bertz CT molecular complexity index is 421. The minimum atomic E-state index is 0.144. The van der Waals surface area contributed by atoms with Crippen LogP contribution in [0.4, 0.5) is 0 Å². The lowest BCUT2D eigenvalue weighted by molar-refractivity contribution is -0.131. The predicted octanol–water partition coefficient (Wildman–Crippen LogP) is 0.225. The van der Waals surface area contributed by atoms with Gasteiger partial charge in [-0.1, -0.05) is 13.8 Å². The van der Waals surface area contributed by atoms with Gasteiger partial charge in [0, 0.05) is 32.5 Å². The van der Waals surface area contributed by atoms with E-state index in [1.54, 1.807) is 4.68 Å². The second-order valence-electron chi connectivity index (χ2n) is 4.79. The maximum atomic E-state index is 12.3. The van der Waals surface area contributed by atoms with Gasteiger partial charge in [0.2, 0.25) is 5.91 Å². The topological polar surface area (TPSA) is 63.1 Å². The largest absolute Gasteiger partial charge is 0.340 e. The molecule has 0 unspecified atom stereocenters. The van der Waals surface area contributed by atoms with E-state index in [0.717, 1.165) is 57.1 Å². The van der Waals surface area contributed by atoms with Crippen LogP contribution < -0.4 is 5.32 Å². The first-order valence-electron chi connectivity index (χ1n) is 7.15. The van der Waals surface area contributed by atoms with Crippen LogP contribution in [0.2, 0.25) is 0 Å². The van der Waals surface area contributed by atoms with Gasteiger partial charge in [0.15, 0.2) is 5.82 Å². The summed E-state index contributed by atoms with van der Waals surface area (Å²) in [5.74, 6) is 1.87. The number of nitrogens with one attached hydrogen (secondary N) is 1. The maximum absolute atomic E-state index is 12.3. The van der Waals surface area contributed by atoms with Crippen LogP contribution in [0.1, 0.15) is 31.9 Å². The molecule has 19 heavy (non-hydrogen) atoms. The molecular weight excluding hydrogens is 242 g/mol. The monoisotopic (exact) mass is 265 g/mol. The van der Waals surface area contributed by atoms with E-state index in [2.05, 4.69) is 15.4 Å². The summed E-state index contributed by atoms with van der Waals surface area (Å²) in [6.07, 6.45) is 2.63. The van der Waals surface area contributed by atoms with Gasteiger partial charge in [-0.2, -0.15) is 5.10 Å². The molecule has 0 aliphatic carbocycles. The highest BCUT2D eigenvalue weighted by atomic mass is 16.2. The molecule has 1 aromatic heterocycles. The zero-order chi connectivity index (χ0) is 13.7. The summed E-state index contributed by atoms with van der Waals surface area (Å²) in [7, 11) is 0. The highest BCUT2D eigenvalue weighted by Gasteiger charge is 2.18. The molecule has 2 heterocycles. The molecule has 0 radical (unpaired) electrons. The maximum Gasteiger partial charge on any atom is 0.244 e. The fraction of sp³-hybridized carbons (Fsp3) is 0.769. The summed E-state index contributed by atoms with van der Waals surface area (Å²) in [5, 5.41) is 7.70. The van der Waals surface area contributed by atoms with Crippen molar-refractivity contribution in [3.8, 4) is 0 Å². The van der Waals surface area contributed by atoms with E-state index in [-0.39, 0.29) is 5.91 Å². The van der Waals surface area contributed by atoms with Crippen LogP contribution >= 0.6 is 0 Å². The molecule has 2 rings (SSSR count). The molecule has 1 aromatic rings. The number of carbonyl (C=O) groups is 1. The summed E-state index contributed by atoms with van der Waals surface area (Å²) in [5.41, 5.74) is 0. The molecule has 1 aliphatic rings. The molecule has 0 saturated carbocycles. The van der Waals surface area contributed by atoms with E-state index in [4.69, 9.17) is 0 Å². The minimum Gasteiger partial charge on any atom is -0.340 e. The van der Waals surface area contributed by atoms with Crippen molar-refractivity contribution >= 4 is 5.91 Å². The van der Waals surface area contributed by atoms with Gasteiger partial charge in [0.05, 0.1) is 0 Å². The average Bonchev–Trinajstić information content (AvgIpc) is 2.64. The van der Waals surface area contributed by atoms with Crippen molar-refractivity contribution in [2.45, 2.75) is 39.7 Å². The predicted molar refractivity (Wildman–Crippen MR) is 72.8 cm³/mol. The van der Waals surface area contributed by atoms with Gasteiger partial charge < -0.3 is 10.2 Å². The van der Waals surface area contributed by atoms with Crippen LogP contribution in [0.25, 0.3) is 0 Å². The Kier molecular flexibility index (Phi) is 4.90. The number of amides is 1. The Labute approximate surface area is 114 Å². The Balaban J connectivity index is 2.02. The zero-order valence-corrected chi connectivity index (χ0v) is 11.9. The highest BCUT2D eigenvalue weighted by Crippen LogP contribution is 2.04. The molecule has 1 N–H and O–H groups in total. The SMILES string of the molecule is CCc1nc(CC)n(CC(=O)N2CCCNCC2)n1. The fourth-order valence-corrected chi connectivity index (χ4v) is 2.29. The molecule has 1 aliphatic heterocycles. The first kappa shape index (κ1) is 14.0. The molecule has 6 nitrogen and oxygen atoms in total. The minimum absolute atomic E-state index is 0.144. The van der Waals surface area contributed by atoms with E-state index in [1.165, 1.54) is 0 Å². The molecule has 1 amide bonds. The van der Waals surface area contributed by atoms with Gasteiger partial charge in [-0.3, -0.25) is 4.79 Å². The van der Waals surface area contributed by atoms with Crippen LogP contribution in [0, 0.1) is 0 Å². The van der Waals surface area contributed by atoms with Gasteiger partial charge >= 0.3 is 0 Å². The van der Waals surface area contributed by atoms with E-state index >= 15 is 0 Å². The number of hydrogen-bond donors (Lipinski definition) is 1. The second-order valence-corrected chi connectivity index (χ2v) is 4.79. The van der Waals surface area contributed by atoms with Gasteiger partial charge in [-0.25, -0.2) is 9.67 Å². The van der Waals surface area contributed by atoms with Crippen molar-refractivity contribution in [1.82, 2.24) is 25.0 Å². The third-order valence-corrected chi connectivity index (χ3v) is 3.40. The average molecular weight is 265 g/mol. The van der Waals surface area contributed by atoms with Crippen molar-refractivity contribution in [2.75, 3.05) is 26.2 Å². The second kappa shape index (κ2) is 6.65. The lowest BCUT2D eigenvalue weighted by Crippen LogP contribution is -2.37. The summed E-state index contributed by atoms with van der Waals surface area (Å²) >= 11 is 0. The van der Waals surface area contributed by atoms with Crippen LogP contribution in [0.3, 0.4) is 0 Å². The quantitative estimate of drug-likeness (QED) is 0.846. The number of aryl methyl sites for hydroxylation is 2. The molecule has 1 fully saturated rings. The summed E-state index contributed by atoms with van der Waals surface area (Å²) < 4.78 is 1.76. The van der Waals surface area contributed by atoms with E-state index < -0.39 is 0 Å². The van der Waals surface area contributed by atoms with E-state index in [1.807, 2.05) is 18.7 Å². The first-order valence-corrected chi connectivity index (χ1v) is 7.15.